The Hall–Kier alpha value is -3.25. The summed E-state index contributed by atoms with van der Waals surface area (Å²) in [7, 11) is -2.72. The molecule has 0 spiro atoms. The number of carbonyl (C=O) groups excluding carboxylic acids is 3. The van der Waals surface area contributed by atoms with Crippen LogP contribution in [0, 0.1) is 5.92 Å². The Bertz CT molecular complexity index is 1190. The van der Waals surface area contributed by atoms with E-state index in [9.17, 15) is 22.8 Å². The first-order valence-corrected chi connectivity index (χ1v) is 14.8. The number of pyridine rings is 1. The van der Waals surface area contributed by atoms with E-state index < -0.39 is 46.2 Å². The van der Waals surface area contributed by atoms with Crippen LogP contribution in [0.4, 0.5) is 0 Å². The van der Waals surface area contributed by atoms with Gasteiger partial charge in [0.2, 0.25) is 12.1 Å². The van der Waals surface area contributed by atoms with Gasteiger partial charge in [0.1, 0.15) is 19.8 Å². The maximum atomic E-state index is 13.3. The summed E-state index contributed by atoms with van der Waals surface area (Å²) in [4.78, 5) is 44.3. The monoisotopic (exact) mass is 563 g/mol. The van der Waals surface area contributed by atoms with Gasteiger partial charge in [-0.2, -0.15) is 4.31 Å². The number of hydrogen-bond donors (Lipinski definition) is 2. The highest BCUT2D eigenvalue weighted by Crippen LogP contribution is 2.27. The van der Waals surface area contributed by atoms with Crippen LogP contribution in [0.3, 0.4) is 0 Å². The van der Waals surface area contributed by atoms with Crippen molar-refractivity contribution in [3.05, 3.63) is 48.4 Å². The second-order valence-electron chi connectivity index (χ2n) is 9.71. The molecule has 0 aromatic carbocycles. The highest BCUT2D eigenvalue weighted by Gasteiger charge is 2.36. The molecule has 12 heteroatoms. The molecule has 2 aliphatic rings. The summed E-state index contributed by atoms with van der Waals surface area (Å²) in [6, 6.07) is 2.73. The average molecular weight is 564 g/mol. The number of likely N-dealkylation sites (N-methyl/N-ethyl adjacent to an activating group) is 1. The Morgan fingerprint density at radius 3 is 2.56 bits per heavy atom. The summed E-state index contributed by atoms with van der Waals surface area (Å²) < 4.78 is 34.0. The number of allylic oxidation sites excluding steroid dienone is 2. The van der Waals surface area contributed by atoms with E-state index >= 15 is 0 Å². The molecule has 2 N–H and O–H groups in total. The molecular weight excluding hydrogens is 524 g/mol. The van der Waals surface area contributed by atoms with E-state index in [4.69, 9.17) is 9.57 Å². The Labute approximate surface area is 230 Å². The molecule has 11 nitrogen and oxygen atoms in total. The lowest BCUT2D eigenvalue weighted by atomic mass is 9.84. The topological polar surface area (TPSA) is 135 Å². The van der Waals surface area contributed by atoms with Crippen LogP contribution in [0.15, 0.2) is 53.4 Å². The minimum Gasteiger partial charge on any atom is -0.484 e. The normalized spacial score (nSPS) is 17.5. The highest BCUT2D eigenvalue weighted by atomic mass is 32.2. The fourth-order valence-corrected chi connectivity index (χ4v) is 6.24. The molecule has 1 saturated carbocycles. The molecule has 1 aliphatic carbocycles. The molecule has 1 fully saturated rings. The number of hydrogen-bond acceptors (Lipinski definition) is 7. The molecule has 2 heterocycles. The maximum absolute atomic E-state index is 13.3. The standard InChI is InChI=1S/C27H38N4O7S/c1-4-30(39(35,36)25-15-8-10-16-31(25)37-3)19-23(32)20(2)28-26(33)22(18-21-12-6-5-7-13-21)29-27(34)24-14-9-11-17-38-24/h8-11,14-16,20-22H,4-7,12-13,17-19H2,1-3H3,(H-,28,29,33,34)/p+1/t20?,22-/m0/s1. The lowest BCUT2D eigenvalue weighted by Crippen LogP contribution is -2.54. The van der Waals surface area contributed by atoms with Crippen LogP contribution in [0.25, 0.3) is 0 Å². The molecule has 0 radical (unpaired) electrons. The lowest BCUT2D eigenvalue weighted by Gasteiger charge is -2.28. The van der Waals surface area contributed by atoms with Gasteiger partial charge in [0.05, 0.1) is 12.6 Å². The van der Waals surface area contributed by atoms with Crippen molar-refractivity contribution in [2.75, 3.05) is 26.8 Å². The number of ketones is 1. The molecule has 1 aliphatic heterocycles. The van der Waals surface area contributed by atoms with Crippen LogP contribution in [-0.4, -0.2) is 69.2 Å². The quantitative estimate of drug-likeness (QED) is 0.343. The molecule has 1 unspecified atom stereocenters. The first kappa shape index (κ1) is 30.3. The van der Waals surface area contributed by atoms with Crippen molar-refractivity contribution >= 4 is 27.6 Å². The van der Waals surface area contributed by atoms with E-state index in [2.05, 4.69) is 10.6 Å². The van der Waals surface area contributed by atoms with E-state index in [1.54, 1.807) is 37.3 Å². The molecule has 0 saturated heterocycles. The van der Waals surface area contributed by atoms with Crippen LogP contribution < -0.4 is 20.2 Å². The van der Waals surface area contributed by atoms with Gasteiger partial charge in [0.25, 0.3) is 5.91 Å². The van der Waals surface area contributed by atoms with E-state index in [0.29, 0.717) is 6.42 Å². The number of aromatic nitrogens is 1. The number of carbonyl (C=O) groups is 3. The summed E-state index contributed by atoms with van der Waals surface area (Å²) >= 11 is 0. The molecular formula is C27H39N4O7S+. The van der Waals surface area contributed by atoms with Gasteiger partial charge in [-0.05, 0) is 37.5 Å². The Morgan fingerprint density at radius 2 is 1.92 bits per heavy atom. The summed E-state index contributed by atoms with van der Waals surface area (Å²) in [6.45, 7) is 3.01. The van der Waals surface area contributed by atoms with E-state index in [0.717, 1.165) is 41.1 Å². The largest absolute Gasteiger partial charge is 0.484 e. The second kappa shape index (κ2) is 14.2. The molecule has 2 atom stereocenters. The Morgan fingerprint density at radius 1 is 1.18 bits per heavy atom. The Kier molecular flexibility index (Phi) is 11.0. The van der Waals surface area contributed by atoms with Crippen molar-refractivity contribution in [3.63, 3.8) is 0 Å². The van der Waals surface area contributed by atoms with Gasteiger partial charge in [-0.1, -0.05) is 45.1 Å². The first-order valence-electron chi connectivity index (χ1n) is 13.4. The first-order chi connectivity index (χ1) is 18.7. The van der Waals surface area contributed by atoms with Crippen molar-refractivity contribution in [1.29, 1.82) is 0 Å². The summed E-state index contributed by atoms with van der Waals surface area (Å²) in [5, 5.41) is 5.35. The van der Waals surface area contributed by atoms with Gasteiger partial charge in [-0.25, -0.2) is 8.42 Å². The summed E-state index contributed by atoms with van der Waals surface area (Å²) in [6.07, 6.45) is 12.2. The number of sulfonamides is 1. The third-order valence-corrected chi connectivity index (χ3v) is 8.89. The molecule has 0 bridgehead atoms. The third kappa shape index (κ3) is 8.12. The zero-order chi connectivity index (χ0) is 28.4. The van der Waals surface area contributed by atoms with Crippen molar-refractivity contribution in [2.45, 2.75) is 69.5 Å². The predicted octanol–water partition coefficient (Wildman–Crippen LogP) is 1.04. The number of nitrogens with one attached hydrogen (secondary N) is 2. The van der Waals surface area contributed by atoms with Gasteiger partial charge in [-0.15, -0.1) is 0 Å². The van der Waals surface area contributed by atoms with Crippen LogP contribution in [0.5, 0.6) is 0 Å². The minimum atomic E-state index is -4.06. The fraction of sp³-hybridized carbons (Fsp3) is 0.556. The van der Waals surface area contributed by atoms with E-state index in [1.165, 1.54) is 26.3 Å². The smallest absolute Gasteiger partial charge is 0.362 e. The van der Waals surface area contributed by atoms with Crippen molar-refractivity contribution in [1.82, 2.24) is 14.9 Å². The average Bonchev–Trinajstić information content (AvgIpc) is 2.96. The van der Waals surface area contributed by atoms with Gasteiger partial charge < -0.3 is 15.4 Å². The maximum Gasteiger partial charge on any atom is 0.362 e. The zero-order valence-electron chi connectivity index (χ0n) is 22.8. The summed E-state index contributed by atoms with van der Waals surface area (Å²) in [5.74, 6) is -1.07. The number of amides is 2. The zero-order valence-corrected chi connectivity index (χ0v) is 23.6. The fourth-order valence-electron chi connectivity index (χ4n) is 4.72. The molecule has 2 amide bonds. The van der Waals surface area contributed by atoms with Gasteiger partial charge in [0, 0.05) is 23.4 Å². The minimum absolute atomic E-state index is 0.0390. The van der Waals surface area contributed by atoms with Gasteiger partial charge in [-0.3, -0.25) is 19.2 Å². The van der Waals surface area contributed by atoms with Gasteiger partial charge >= 0.3 is 15.0 Å². The SMILES string of the molecule is CCN(CC(=O)C(C)NC(=O)[C@H](CC1CCCCC1)NC(=O)C1=CC=CCO1)S(=O)(=O)c1cccc[n+]1OC. The molecule has 3 rings (SSSR count). The van der Waals surface area contributed by atoms with Crippen LogP contribution in [-0.2, 0) is 29.1 Å². The number of Topliss-reactive ketones (excluding diaryl/α,β-unsaturated/α-hetero) is 1. The summed E-state index contributed by atoms with van der Waals surface area (Å²) in [5.41, 5.74) is 0. The lowest BCUT2D eigenvalue weighted by molar-refractivity contribution is -0.914. The highest BCUT2D eigenvalue weighted by molar-refractivity contribution is 7.89. The van der Waals surface area contributed by atoms with Crippen molar-refractivity contribution in [2.24, 2.45) is 5.92 Å². The Balaban J connectivity index is 1.69. The van der Waals surface area contributed by atoms with E-state index in [-0.39, 0.29) is 29.9 Å². The number of nitrogens with zero attached hydrogens (tertiary/aromatic N) is 2. The number of ether oxygens (including phenoxy) is 1. The van der Waals surface area contributed by atoms with Crippen LogP contribution in [0.2, 0.25) is 0 Å². The van der Waals surface area contributed by atoms with Crippen molar-refractivity contribution < 1.29 is 37.1 Å². The van der Waals surface area contributed by atoms with Crippen molar-refractivity contribution in [3.8, 4) is 0 Å². The predicted molar refractivity (Wildman–Crippen MR) is 142 cm³/mol. The molecule has 1 aromatic rings. The van der Waals surface area contributed by atoms with Crippen LogP contribution in [0.1, 0.15) is 52.4 Å². The van der Waals surface area contributed by atoms with Crippen LogP contribution >= 0.6 is 0 Å². The molecule has 214 valence electrons. The molecule has 39 heavy (non-hydrogen) atoms. The third-order valence-electron chi connectivity index (χ3n) is 6.97. The van der Waals surface area contributed by atoms with E-state index in [1.807, 2.05) is 0 Å². The van der Waals surface area contributed by atoms with Gasteiger partial charge in [0.15, 0.2) is 11.5 Å². The molecule has 1 aromatic heterocycles. The number of rotatable bonds is 13. The second-order valence-corrected chi connectivity index (χ2v) is 11.6.